The maximum Gasteiger partial charge on any atom is 0.255 e. The standard InChI is InChI=1S/C23H28FN3O2/c1-23(2,14-25)15-27(22(29)17-9-10-17)13-16-5-3-8-20(11-16)26-21(28)18-6-4-7-19(24)12-18/h3-8,11-12,17H,9-10,13-15,25H2,1-2H3,(H,26,28). The summed E-state index contributed by atoms with van der Waals surface area (Å²) in [7, 11) is 0. The highest BCUT2D eigenvalue weighted by molar-refractivity contribution is 6.04. The van der Waals surface area contributed by atoms with E-state index >= 15 is 0 Å². The predicted molar refractivity (Wildman–Crippen MR) is 112 cm³/mol. The van der Waals surface area contributed by atoms with Crippen molar-refractivity contribution in [3.8, 4) is 0 Å². The van der Waals surface area contributed by atoms with Gasteiger partial charge in [0.2, 0.25) is 5.91 Å². The minimum atomic E-state index is -0.455. The Morgan fingerprint density at radius 2 is 1.90 bits per heavy atom. The number of anilines is 1. The first-order valence-corrected chi connectivity index (χ1v) is 9.92. The van der Waals surface area contributed by atoms with Crippen molar-refractivity contribution in [2.24, 2.45) is 17.1 Å². The molecule has 154 valence electrons. The SMILES string of the molecule is CC(C)(CN)CN(Cc1cccc(NC(=O)c2cccc(F)c2)c1)C(=O)C1CC1. The summed E-state index contributed by atoms with van der Waals surface area (Å²) in [5.74, 6) is -0.542. The molecule has 0 radical (unpaired) electrons. The lowest BCUT2D eigenvalue weighted by atomic mass is 9.92. The van der Waals surface area contributed by atoms with Crippen molar-refractivity contribution in [3.05, 3.63) is 65.5 Å². The quantitative estimate of drug-likeness (QED) is 0.711. The number of benzene rings is 2. The monoisotopic (exact) mass is 397 g/mol. The lowest BCUT2D eigenvalue weighted by molar-refractivity contribution is -0.134. The fraction of sp³-hybridized carbons (Fsp3) is 0.391. The number of nitrogens with two attached hydrogens (primary N) is 1. The van der Waals surface area contributed by atoms with Gasteiger partial charge in [0.25, 0.3) is 5.91 Å². The molecule has 1 fully saturated rings. The number of halogens is 1. The van der Waals surface area contributed by atoms with E-state index in [9.17, 15) is 14.0 Å². The van der Waals surface area contributed by atoms with Gasteiger partial charge in [0.05, 0.1) is 0 Å². The van der Waals surface area contributed by atoms with Crippen LogP contribution in [0.5, 0.6) is 0 Å². The van der Waals surface area contributed by atoms with E-state index in [1.165, 1.54) is 18.2 Å². The molecule has 3 N–H and O–H groups in total. The van der Waals surface area contributed by atoms with Gasteiger partial charge < -0.3 is 16.0 Å². The van der Waals surface area contributed by atoms with Crippen molar-refractivity contribution >= 4 is 17.5 Å². The second kappa shape index (κ2) is 8.74. The molecule has 0 spiro atoms. The van der Waals surface area contributed by atoms with Gasteiger partial charge in [-0.15, -0.1) is 0 Å². The van der Waals surface area contributed by atoms with E-state index in [-0.39, 0.29) is 28.7 Å². The molecule has 0 saturated heterocycles. The van der Waals surface area contributed by atoms with Gasteiger partial charge >= 0.3 is 0 Å². The van der Waals surface area contributed by atoms with Crippen LogP contribution in [0.4, 0.5) is 10.1 Å². The summed E-state index contributed by atoms with van der Waals surface area (Å²) < 4.78 is 13.4. The van der Waals surface area contributed by atoms with Gasteiger partial charge in [0, 0.05) is 30.3 Å². The zero-order chi connectivity index (χ0) is 21.0. The van der Waals surface area contributed by atoms with Gasteiger partial charge in [-0.05, 0) is 60.7 Å². The number of hydrogen-bond donors (Lipinski definition) is 2. The summed E-state index contributed by atoms with van der Waals surface area (Å²) in [5, 5.41) is 2.79. The molecule has 5 nitrogen and oxygen atoms in total. The highest BCUT2D eigenvalue weighted by Gasteiger charge is 2.35. The van der Waals surface area contributed by atoms with E-state index in [1.807, 2.05) is 23.1 Å². The molecule has 2 aromatic rings. The predicted octanol–water partition coefficient (Wildman–Crippen LogP) is 3.80. The van der Waals surface area contributed by atoms with Crippen LogP contribution in [0.3, 0.4) is 0 Å². The molecule has 0 unspecified atom stereocenters. The van der Waals surface area contributed by atoms with Crippen LogP contribution in [0.25, 0.3) is 0 Å². The normalized spacial score (nSPS) is 13.8. The smallest absolute Gasteiger partial charge is 0.255 e. The van der Waals surface area contributed by atoms with Crippen LogP contribution in [0.15, 0.2) is 48.5 Å². The maximum atomic E-state index is 13.4. The highest BCUT2D eigenvalue weighted by Crippen LogP contribution is 2.32. The molecule has 1 saturated carbocycles. The third-order valence-corrected chi connectivity index (χ3v) is 5.05. The van der Waals surface area contributed by atoms with Crippen LogP contribution in [-0.2, 0) is 11.3 Å². The molecule has 3 rings (SSSR count). The fourth-order valence-corrected chi connectivity index (χ4v) is 3.18. The third kappa shape index (κ3) is 5.87. The number of nitrogens with one attached hydrogen (secondary N) is 1. The summed E-state index contributed by atoms with van der Waals surface area (Å²) in [6.45, 7) is 5.64. The highest BCUT2D eigenvalue weighted by atomic mass is 19.1. The molecule has 2 amide bonds. The topological polar surface area (TPSA) is 75.4 Å². The van der Waals surface area contributed by atoms with Crippen LogP contribution in [0.2, 0.25) is 0 Å². The lowest BCUT2D eigenvalue weighted by Gasteiger charge is -2.32. The van der Waals surface area contributed by atoms with Gasteiger partial charge in [-0.1, -0.05) is 32.0 Å². The number of rotatable bonds is 8. The number of amides is 2. The van der Waals surface area contributed by atoms with Gasteiger partial charge in [-0.25, -0.2) is 4.39 Å². The van der Waals surface area contributed by atoms with Gasteiger partial charge in [0.15, 0.2) is 0 Å². The summed E-state index contributed by atoms with van der Waals surface area (Å²) in [4.78, 5) is 27.0. The minimum Gasteiger partial charge on any atom is -0.338 e. The number of carbonyl (C=O) groups is 2. The Morgan fingerprint density at radius 3 is 2.55 bits per heavy atom. The number of nitrogens with zero attached hydrogens (tertiary/aromatic N) is 1. The Hall–Kier alpha value is -2.73. The summed E-state index contributed by atoms with van der Waals surface area (Å²) in [6.07, 6.45) is 1.89. The van der Waals surface area contributed by atoms with Crippen molar-refractivity contribution in [3.63, 3.8) is 0 Å². The molecule has 6 heteroatoms. The molecule has 0 heterocycles. The molecule has 1 aliphatic carbocycles. The average Bonchev–Trinajstić information content (AvgIpc) is 3.52. The molecule has 0 bridgehead atoms. The van der Waals surface area contributed by atoms with Crippen molar-refractivity contribution in [2.75, 3.05) is 18.4 Å². The summed E-state index contributed by atoms with van der Waals surface area (Å²) in [5.41, 5.74) is 7.48. The molecule has 2 aromatic carbocycles. The number of carbonyl (C=O) groups excluding carboxylic acids is 2. The van der Waals surface area contributed by atoms with Gasteiger partial charge in [-0.3, -0.25) is 9.59 Å². The average molecular weight is 397 g/mol. The molecule has 1 aliphatic rings. The summed E-state index contributed by atoms with van der Waals surface area (Å²) in [6, 6.07) is 13.0. The first-order chi connectivity index (χ1) is 13.8. The zero-order valence-electron chi connectivity index (χ0n) is 17.0. The molecule has 0 aromatic heterocycles. The van der Waals surface area contributed by atoms with Crippen molar-refractivity contribution in [1.29, 1.82) is 0 Å². The number of hydrogen-bond acceptors (Lipinski definition) is 3. The maximum absolute atomic E-state index is 13.4. The Kier molecular flexibility index (Phi) is 6.33. The second-order valence-electron chi connectivity index (χ2n) is 8.50. The van der Waals surface area contributed by atoms with E-state index in [0.29, 0.717) is 25.3 Å². The second-order valence-corrected chi connectivity index (χ2v) is 8.50. The van der Waals surface area contributed by atoms with Crippen molar-refractivity contribution < 1.29 is 14.0 Å². The first kappa shape index (κ1) is 21.0. The van der Waals surface area contributed by atoms with E-state index in [4.69, 9.17) is 5.73 Å². The van der Waals surface area contributed by atoms with E-state index < -0.39 is 5.82 Å². The third-order valence-electron chi connectivity index (χ3n) is 5.05. The van der Waals surface area contributed by atoms with Crippen molar-refractivity contribution in [2.45, 2.75) is 33.2 Å². The van der Waals surface area contributed by atoms with Crippen LogP contribution in [0.1, 0.15) is 42.6 Å². The molecule has 0 aliphatic heterocycles. The minimum absolute atomic E-state index is 0.124. The van der Waals surface area contributed by atoms with Crippen LogP contribution in [0, 0.1) is 17.2 Å². The molecule has 0 atom stereocenters. The van der Waals surface area contributed by atoms with E-state index in [1.54, 1.807) is 12.1 Å². The van der Waals surface area contributed by atoms with E-state index in [2.05, 4.69) is 19.2 Å². The molecular formula is C23H28FN3O2. The van der Waals surface area contributed by atoms with Crippen molar-refractivity contribution in [1.82, 2.24) is 4.90 Å². The molecule has 29 heavy (non-hydrogen) atoms. The summed E-state index contributed by atoms with van der Waals surface area (Å²) >= 11 is 0. The van der Waals surface area contributed by atoms with Gasteiger partial charge in [0.1, 0.15) is 5.82 Å². The van der Waals surface area contributed by atoms with Crippen LogP contribution in [-0.4, -0.2) is 29.8 Å². The lowest BCUT2D eigenvalue weighted by Crippen LogP contribution is -2.42. The Labute approximate surface area is 171 Å². The Bertz CT molecular complexity index is 893. The largest absolute Gasteiger partial charge is 0.338 e. The van der Waals surface area contributed by atoms with Crippen LogP contribution >= 0.6 is 0 Å². The Balaban J connectivity index is 1.72. The van der Waals surface area contributed by atoms with E-state index in [0.717, 1.165) is 18.4 Å². The molecular weight excluding hydrogens is 369 g/mol. The van der Waals surface area contributed by atoms with Crippen LogP contribution < -0.4 is 11.1 Å². The Morgan fingerprint density at radius 1 is 1.17 bits per heavy atom. The van der Waals surface area contributed by atoms with Gasteiger partial charge in [-0.2, -0.15) is 0 Å². The zero-order valence-corrected chi connectivity index (χ0v) is 17.0. The first-order valence-electron chi connectivity index (χ1n) is 9.92. The fourth-order valence-electron chi connectivity index (χ4n) is 3.18.